The van der Waals surface area contributed by atoms with Crippen LogP contribution < -0.4 is 5.32 Å². The third-order valence-corrected chi connectivity index (χ3v) is 7.74. The topological polar surface area (TPSA) is 49.0 Å². The Bertz CT molecular complexity index is 420. The molecular formula is C31H61NO4. The van der Waals surface area contributed by atoms with Crippen LogP contribution in [0.5, 0.6) is 0 Å². The Hall–Kier alpha value is -0.200. The van der Waals surface area contributed by atoms with Crippen LogP contribution in [-0.4, -0.2) is 51.6 Å². The first-order valence-corrected chi connectivity index (χ1v) is 16.1. The summed E-state index contributed by atoms with van der Waals surface area (Å²) in [6.45, 7) is 6.91. The van der Waals surface area contributed by atoms with Crippen molar-refractivity contribution in [3.05, 3.63) is 0 Å². The first kappa shape index (κ1) is 32.0. The van der Waals surface area contributed by atoms with Crippen molar-refractivity contribution in [2.75, 3.05) is 33.0 Å². The second-order valence-electron chi connectivity index (χ2n) is 11.2. The largest absolute Gasteiger partial charge is 0.353 e. The lowest BCUT2D eigenvalue weighted by atomic mass is 10.00. The first-order chi connectivity index (χ1) is 17.9. The molecule has 2 aliphatic rings. The number of rotatable bonds is 24. The van der Waals surface area contributed by atoms with E-state index in [1.807, 2.05) is 0 Å². The molecule has 2 rings (SSSR count). The summed E-state index contributed by atoms with van der Waals surface area (Å²) >= 11 is 0. The average molecular weight is 512 g/mol. The van der Waals surface area contributed by atoms with Gasteiger partial charge >= 0.3 is 0 Å². The molecular weight excluding hydrogens is 450 g/mol. The maximum absolute atomic E-state index is 5.89. The van der Waals surface area contributed by atoms with Gasteiger partial charge in [0.2, 0.25) is 0 Å². The fourth-order valence-corrected chi connectivity index (χ4v) is 5.37. The van der Waals surface area contributed by atoms with Gasteiger partial charge in [0, 0.05) is 32.5 Å². The van der Waals surface area contributed by atoms with Crippen molar-refractivity contribution in [2.24, 2.45) is 0 Å². The molecule has 0 radical (unpaired) electrons. The second kappa shape index (κ2) is 23.9. The van der Waals surface area contributed by atoms with Gasteiger partial charge in [0.25, 0.3) is 0 Å². The van der Waals surface area contributed by atoms with Gasteiger partial charge in [0.15, 0.2) is 12.6 Å². The van der Waals surface area contributed by atoms with Gasteiger partial charge in [-0.3, -0.25) is 0 Å². The number of hydrogen-bond acceptors (Lipinski definition) is 5. The highest BCUT2D eigenvalue weighted by atomic mass is 16.7. The van der Waals surface area contributed by atoms with Gasteiger partial charge in [0.1, 0.15) is 0 Å². The van der Waals surface area contributed by atoms with E-state index in [1.165, 1.54) is 122 Å². The lowest BCUT2D eigenvalue weighted by Gasteiger charge is -2.22. The Morgan fingerprint density at radius 1 is 0.611 bits per heavy atom. The number of nitrogens with one attached hydrogen (secondary N) is 1. The van der Waals surface area contributed by atoms with Crippen LogP contribution in [-0.2, 0) is 18.9 Å². The third-order valence-electron chi connectivity index (χ3n) is 7.74. The Labute approximate surface area is 224 Å². The van der Waals surface area contributed by atoms with E-state index >= 15 is 0 Å². The van der Waals surface area contributed by atoms with Crippen LogP contribution >= 0.6 is 0 Å². The molecule has 0 bridgehead atoms. The van der Waals surface area contributed by atoms with E-state index in [-0.39, 0.29) is 12.6 Å². The van der Waals surface area contributed by atoms with Crippen LogP contribution in [0, 0.1) is 0 Å². The standard InChI is InChI=1S/C31H61NO4/c1-2-3-4-5-6-7-11-20-29(21-12-8-9-16-25-33-30-22-13-18-27-35-30)32-24-15-10-17-26-34-31-23-14-19-28-36-31/h29-32H,2-28H2,1H3. The summed E-state index contributed by atoms with van der Waals surface area (Å²) in [5.41, 5.74) is 0. The van der Waals surface area contributed by atoms with E-state index in [4.69, 9.17) is 18.9 Å². The first-order valence-electron chi connectivity index (χ1n) is 16.1. The minimum Gasteiger partial charge on any atom is -0.353 e. The van der Waals surface area contributed by atoms with Crippen LogP contribution in [0.25, 0.3) is 0 Å². The van der Waals surface area contributed by atoms with Crippen molar-refractivity contribution in [2.45, 2.75) is 167 Å². The van der Waals surface area contributed by atoms with E-state index in [0.717, 1.165) is 52.2 Å². The van der Waals surface area contributed by atoms with Crippen molar-refractivity contribution in [3.63, 3.8) is 0 Å². The molecule has 0 aliphatic carbocycles. The molecule has 0 aromatic rings. The maximum atomic E-state index is 5.89. The number of hydrogen-bond donors (Lipinski definition) is 1. The number of ether oxygens (including phenoxy) is 4. The second-order valence-corrected chi connectivity index (χ2v) is 11.2. The van der Waals surface area contributed by atoms with Crippen molar-refractivity contribution in [3.8, 4) is 0 Å². The number of unbranched alkanes of at least 4 members (excludes halogenated alkanes) is 11. The van der Waals surface area contributed by atoms with Crippen molar-refractivity contribution in [1.82, 2.24) is 5.32 Å². The lowest BCUT2D eigenvalue weighted by molar-refractivity contribution is -0.163. The molecule has 2 heterocycles. The van der Waals surface area contributed by atoms with Crippen molar-refractivity contribution < 1.29 is 18.9 Å². The summed E-state index contributed by atoms with van der Waals surface area (Å²) in [7, 11) is 0. The molecule has 0 saturated carbocycles. The minimum absolute atomic E-state index is 0.0652. The zero-order valence-electron chi connectivity index (χ0n) is 24.0. The third kappa shape index (κ3) is 18.1. The zero-order valence-corrected chi connectivity index (χ0v) is 24.0. The molecule has 0 aromatic heterocycles. The molecule has 3 unspecified atom stereocenters. The molecule has 1 N–H and O–H groups in total. The zero-order chi connectivity index (χ0) is 25.4. The quantitative estimate of drug-likeness (QED) is 0.132. The van der Waals surface area contributed by atoms with E-state index < -0.39 is 0 Å². The molecule has 2 aliphatic heterocycles. The molecule has 2 fully saturated rings. The van der Waals surface area contributed by atoms with E-state index in [2.05, 4.69) is 12.2 Å². The van der Waals surface area contributed by atoms with E-state index in [0.29, 0.717) is 6.04 Å². The van der Waals surface area contributed by atoms with Crippen molar-refractivity contribution >= 4 is 0 Å². The fourth-order valence-electron chi connectivity index (χ4n) is 5.37. The molecule has 36 heavy (non-hydrogen) atoms. The average Bonchev–Trinajstić information content (AvgIpc) is 2.92. The Morgan fingerprint density at radius 2 is 1.11 bits per heavy atom. The van der Waals surface area contributed by atoms with Crippen molar-refractivity contribution in [1.29, 1.82) is 0 Å². The van der Waals surface area contributed by atoms with Gasteiger partial charge in [-0.1, -0.05) is 71.1 Å². The Kier molecular flexibility index (Phi) is 21.2. The smallest absolute Gasteiger partial charge is 0.157 e. The van der Waals surface area contributed by atoms with Crippen LogP contribution in [0.3, 0.4) is 0 Å². The minimum atomic E-state index is 0.0652. The van der Waals surface area contributed by atoms with Gasteiger partial charge in [-0.05, 0) is 83.6 Å². The summed E-state index contributed by atoms with van der Waals surface area (Å²) in [6, 6.07) is 0.694. The summed E-state index contributed by atoms with van der Waals surface area (Å²) in [5.74, 6) is 0. The van der Waals surface area contributed by atoms with Gasteiger partial charge in [0.05, 0.1) is 0 Å². The fraction of sp³-hybridized carbons (Fsp3) is 1.00. The Balaban J connectivity index is 1.48. The van der Waals surface area contributed by atoms with E-state index in [9.17, 15) is 0 Å². The molecule has 0 spiro atoms. The lowest BCUT2D eigenvalue weighted by Crippen LogP contribution is -2.30. The highest BCUT2D eigenvalue weighted by Crippen LogP contribution is 2.17. The SMILES string of the molecule is CCCCCCCCCC(CCCCCCOC1CCCCO1)NCCCCCOC1CCCCO1. The van der Waals surface area contributed by atoms with Crippen LogP contribution in [0.15, 0.2) is 0 Å². The summed E-state index contributed by atoms with van der Waals surface area (Å²) in [6.07, 6.45) is 28.4. The summed E-state index contributed by atoms with van der Waals surface area (Å²) < 4.78 is 23.1. The highest BCUT2D eigenvalue weighted by molar-refractivity contribution is 4.68. The normalized spacial score (nSPS) is 21.6. The molecule has 5 heteroatoms. The highest BCUT2D eigenvalue weighted by Gasteiger charge is 2.14. The van der Waals surface area contributed by atoms with Gasteiger partial charge in [-0.2, -0.15) is 0 Å². The summed E-state index contributed by atoms with van der Waals surface area (Å²) in [4.78, 5) is 0. The predicted molar refractivity (Wildman–Crippen MR) is 150 cm³/mol. The molecule has 3 atom stereocenters. The molecule has 5 nitrogen and oxygen atoms in total. The van der Waals surface area contributed by atoms with Gasteiger partial charge < -0.3 is 24.3 Å². The van der Waals surface area contributed by atoms with Crippen LogP contribution in [0.4, 0.5) is 0 Å². The molecule has 2 saturated heterocycles. The molecule has 0 amide bonds. The van der Waals surface area contributed by atoms with Gasteiger partial charge in [-0.15, -0.1) is 0 Å². The maximum Gasteiger partial charge on any atom is 0.157 e. The van der Waals surface area contributed by atoms with Crippen LogP contribution in [0.1, 0.15) is 148 Å². The van der Waals surface area contributed by atoms with Gasteiger partial charge in [-0.25, -0.2) is 0 Å². The predicted octanol–water partition coefficient (Wildman–Crippen LogP) is 8.29. The van der Waals surface area contributed by atoms with Crippen LogP contribution in [0.2, 0.25) is 0 Å². The van der Waals surface area contributed by atoms with E-state index in [1.54, 1.807) is 0 Å². The summed E-state index contributed by atoms with van der Waals surface area (Å²) in [5, 5.41) is 3.91. The monoisotopic (exact) mass is 511 g/mol. The Morgan fingerprint density at radius 3 is 1.64 bits per heavy atom. The molecule has 0 aromatic carbocycles. The molecule has 214 valence electrons.